The molecular weight excluding hydrogens is 202 g/mol. The molecular formula is C12H21N3O. The van der Waals surface area contributed by atoms with Crippen LogP contribution in [0.2, 0.25) is 0 Å². The lowest BCUT2D eigenvalue weighted by molar-refractivity contribution is 0.181. The second-order valence-corrected chi connectivity index (χ2v) is 4.38. The molecule has 1 saturated heterocycles. The third-order valence-electron chi connectivity index (χ3n) is 3.35. The average Bonchev–Trinajstić information content (AvgIpc) is 2.96. The summed E-state index contributed by atoms with van der Waals surface area (Å²) >= 11 is 0. The van der Waals surface area contributed by atoms with Crippen molar-refractivity contribution < 1.29 is 4.74 Å². The van der Waals surface area contributed by atoms with Crippen LogP contribution in [-0.2, 0) is 11.3 Å². The summed E-state index contributed by atoms with van der Waals surface area (Å²) in [5.41, 5.74) is 1.29. The number of ether oxygens (including phenoxy) is 1. The number of hydrogen-bond acceptors (Lipinski definition) is 3. The lowest BCUT2D eigenvalue weighted by atomic mass is 9.97. The van der Waals surface area contributed by atoms with E-state index in [0.29, 0.717) is 12.0 Å². The predicted octanol–water partition coefficient (Wildman–Crippen LogP) is 1.59. The smallest absolute Gasteiger partial charge is 0.0553 e. The lowest BCUT2D eigenvalue weighted by Crippen LogP contribution is -2.23. The first-order valence-corrected chi connectivity index (χ1v) is 6.11. The summed E-state index contributed by atoms with van der Waals surface area (Å²) in [6, 6.07) is 2.51. The maximum Gasteiger partial charge on any atom is 0.0553 e. The van der Waals surface area contributed by atoms with E-state index in [1.807, 2.05) is 13.2 Å². The highest BCUT2D eigenvalue weighted by atomic mass is 16.5. The van der Waals surface area contributed by atoms with Crippen molar-refractivity contribution in [2.24, 2.45) is 5.92 Å². The Morgan fingerprint density at radius 1 is 1.69 bits per heavy atom. The normalized spacial score (nSPS) is 22.5. The van der Waals surface area contributed by atoms with Crippen molar-refractivity contribution in [1.82, 2.24) is 15.1 Å². The van der Waals surface area contributed by atoms with Crippen LogP contribution in [0.4, 0.5) is 0 Å². The third kappa shape index (κ3) is 2.44. The van der Waals surface area contributed by atoms with Crippen LogP contribution >= 0.6 is 0 Å². The summed E-state index contributed by atoms with van der Waals surface area (Å²) < 4.78 is 7.49. The molecule has 16 heavy (non-hydrogen) atoms. The molecule has 2 atom stereocenters. The van der Waals surface area contributed by atoms with Gasteiger partial charge in [-0.05, 0) is 38.8 Å². The zero-order valence-corrected chi connectivity index (χ0v) is 10.1. The summed E-state index contributed by atoms with van der Waals surface area (Å²) in [5.74, 6) is 0.692. The highest BCUT2D eigenvalue weighted by Gasteiger charge is 2.22. The van der Waals surface area contributed by atoms with Crippen LogP contribution in [-0.4, -0.2) is 30.0 Å². The minimum absolute atomic E-state index is 0.397. The standard InChI is InChI=1S/C12H21N3O/c1-3-15-12(4-6-14-15)11(13-2)8-10-5-7-16-9-10/h4,6,10-11,13H,3,5,7-9H2,1-2H3. The monoisotopic (exact) mass is 223 g/mol. The van der Waals surface area contributed by atoms with Crippen molar-refractivity contribution in [3.8, 4) is 0 Å². The molecule has 0 spiro atoms. The molecule has 4 heteroatoms. The Morgan fingerprint density at radius 2 is 2.56 bits per heavy atom. The second kappa shape index (κ2) is 5.46. The molecule has 0 radical (unpaired) electrons. The fourth-order valence-electron chi connectivity index (χ4n) is 2.39. The van der Waals surface area contributed by atoms with Crippen LogP contribution in [0.3, 0.4) is 0 Å². The molecule has 90 valence electrons. The Hall–Kier alpha value is -0.870. The minimum atomic E-state index is 0.397. The number of nitrogens with one attached hydrogen (secondary N) is 1. The summed E-state index contributed by atoms with van der Waals surface area (Å²) in [5, 5.41) is 7.71. The van der Waals surface area contributed by atoms with Gasteiger partial charge in [-0.2, -0.15) is 5.10 Å². The first kappa shape index (κ1) is 11.6. The van der Waals surface area contributed by atoms with Gasteiger partial charge in [0, 0.05) is 32.0 Å². The fourth-order valence-corrected chi connectivity index (χ4v) is 2.39. The van der Waals surface area contributed by atoms with Crippen LogP contribution < -0.4 is 5.32 Å². The van der Waals surface area contributed by atoms with Crippen molar-refractivity contribution in [2.45, 2.75) is 32.4 Å². The average molecular weight is 223 g/mol. The molecule has 0 amide bonds. The largest absolute Gasteiger partial charge is 0.381 e. The van der Waals surface area contributed by atoms with E-state index in [2.05, 4.69) is 28.1 Å². The lowest BCUT2D eigenvalue weighted by Gasteiger charge is -2.20. The number of nitrogens with zero attached hydrogens (tertiary/aromatic N) is 2. The zero-order chi connectivity index (χ0) is 11.4. The Balaban J connectivity index is 2.03. The van der Waals surface area contributed by atoms with Gasteiger partial charge in [-0.15, -0.1) is 0 Å². The predicted molar refractivity (Wildman–Crippen MR) is 63.2 cm³/mol. The topological polar surface area (TPSA) is 39.1 Å². The summed E-state index contributed by atoms with van der Waals surface area (Å²) in [4.78, 5) is 0. The van der Waals surface area contributed by atoms with Crippen LogP contribution in [0.1, 0.15) is 31.5 Å². The molecule has 1 fully saturated rings. The van der Waals surface area contributed by atoms with Gasteiger partial charge >= 0.3 is 0 Å². The van der Waals surface area contributed by atoms with Gasteiger partial charge in [0.25, 0.3) is 0 Å². The Morgan fingerprint density at radius 3 is 3.19 bits per heavy atom. The van der Waals surface area contributed by atoms with Crippen molar-refractivity contribution in [3.63, 3.8) is 0 Å². The van der Waals surface area contributed by atoms with E-state index in [-0.39, 0.29) is 0 Å². The molecule has 4 nitrogen and oxygen atoms in total. The summed E-state index contributed by atoms with van der Waals surface area (Å²) in [6.07, 6.45) is 4.22. The van der Waals surface area contributed by atoms with Crippen LogP contribution in [0.5, 0.6) is 0 Å². The summed E-state index contributed by atoms with van der Waals surface area (Å²) in [7, 11) is 2.02. The fraction of sp³-hybridized carbons (Fsp3) is 0.750. The van der Waals surface area contributed by atoms with Crippen LogP contribution in [0, 0.1) is 5.92 Å². The minimum Gasteiger partial charge on any atom is -0.381 e. The number of rotatable bonds is 5. The molecule has 2 rings (SSSR count). The van der Waals surface area contributed by atoms with Gasteiger partial charge in [-0.25, -0.2) is 0 Å². The van der Waals surface area contributed by atoms with E-state index in [1.54, 1.807) is 0 Å². The van der Waals surface area contributed by atoms with Gasteiger partial charge in [0.05, 0.1) is 5.69 Å². The molecule has 1 N–H and O–H groups in total. The molecule has 0 aromatic carbocycles. The molecule has 2 heterocycles. The molecule has 2 unspecified atom stereocenters. The molecule has 1 aliphatic rings. The van der Waals surface area contributed by atoms with E-state index < -0.39 is 0 Å². The van der Waals surface area contributed by atoms with Crippen molar-refractivity contribution in [1.29, 1.82) is 0 Å². The van der Waals surface area contributed by atoms with Gasteiger partial charge in [-0.3, -0.25) is 4.68 Å². The zero-order valence-electron chi connectivity index (χ0n) is 10.1. The second-order valence-electron chi connectivity index (χ2n) is 4.38. The van der Waals surface area contributed by atoms with Crippen molar-refractivity contribution in [3.05, 3.63) is 18.0 Å². The van der Waals surface area contributed by atoms with E-state index in [9.17, 15) is 0 Å². The maximum atomic E-state index is 5.43. The highest BCUT2D eigenvalue weighted by molar-refractivity contribution is 5.07. The van der Waals surface area contributed by atoms with Gasteiger partial charge in [-0.1, -0.05) is 0 Å². The molecule has 0 aliphatic carbocycles. The number of aryl methyl sites for hydroxylation is 1. The Kier molecular flexibility index (Phi) is 3.96. The number of aromatic nitrogens is 2. The van der Waals surface area contributed by atoms with Gasteiger partial charge in [0.15, 0.2) is 0 Å². The molecule has 0 bridgehead atoms. The van der Waals surface area contributed by atoms with Crippen LogP contribution in [0.15, 0.2) is 12.3 Å². The highest BCUT2D eigenvalue weighted by Crippen LogP contribution is 2.26. The third-order valence-corrected chi connectivity index (χ3v) is 3.35. The molecule has 1 aromatic rings. The first-order chi connectivity index (χ1) is 7.85. The molecule has 0 saturated carbocycles. The van der Waals surface area contributed by atoms with E-state index >= 15 is 0 Å². The van der Waals surface area contributed by atoms with Gasteiger partial charge in [0.2, 0.25) is 0 Å². The van der Waals surface area contributed by atoms with E-state index in [0.717, 1.165) is 26.2 Å². The Labute approximate surface area is 97.0 Å². The SMILES string of the molecule is CCn1nccc1C(CC1CCOC1)NC. The van der Waals surface area contributed by atoms with Gasteiger partial charge in [0.1, 0.15) is 0 Å². The number of hydrogen-bond donors (Lipinski definition) is 1. The quantitative estimate of drug-likeness (QED) is 0.824. The van der Waals surface area contributed by atoms with E-state index in [1.165, 1.54) is 12.1 Å². The first-order valence-electron chi connectivity index (χ1n) is 6.11. The van der Waals surface area contributed by atoms with Crippen molar-refractivity contribution in [2.75, 3.05) is 20.3 Å². The van der Waals surface area contributed by atoms with Crippen molar-refractivity contribution >= 4 is 0 Å². The van der Waals surface area contributed by atoms with Gasteiger partial charge < -0.3 is 10.1 Å². The molecule has 1 aromatic heterocycles. The van der Waals surface area contributed by atoms with Crippen LogP contribution in [0.25, 0.3) is 0 Å². The maximum absolute atomic E-state index is 5.43. The Bertz CT molecular complexity index is 318. The summed E-state index contributed by atoms with van der Waals surface area (Å²) in [6.45, 7) is 4.90. The molecule has 1 aliphatic heterocycles. The van der Waals surface area contributed by atoms with E-state index in [4.69, 9.17) is 4.74 Å².